The second-order valence-corrected chi connectivity index (χ2v) is 5.85. The zero-order valence-electron chi connectivity index (χ0n) is 11.1. The van der Waals surface area contributed by atoms with Gasteiger partial charge >= 0.3 is 0 Å². The molecule has 0 saturated heterocycles. The van der Waals surface area contributed by atoms with Gasteiger partial charge < -0.3 is 10.1 Å². The summed E-state index contributed by atoms with van der Waals surface area (Å²) in [5.74, 6) is 1.03. The molecule has 0 bridgehead atoms. The van der Waals surface area contributed by atoms with Crippen LogP contribution in [-0.2, 0) is 0 Å². The third-order valence-electron chi connectivity index (χ3n) is 3.66. The molecule has 1 aliphatic heterocycles. The van der Waals surface area contributed by atoms with Crippen LogP contribution in [0.15, 0.2) is 41.8 Å². The van der Waals surface area contributed by atoms with E-state index in [1.54, 1.807) is 0 Å². The zero-order valence-corrected chi connectivity index (χ0v) is 12.0. The lowest BCUT2D eigenvalue weighted by atomic mass is 9.99. The average molecular weight is 273 g/mol. The molecule has 0 radical (unpaired) electrons. The second-order valence-electron chi connectivity index (χ2n) is 4.87. The smallest absolute Gasteiger partial charge is 0.124 e. The van der Waals surface area contributed by atoms with E-state index in [-0.39, 0.29) is 0 Å². The topological polar surface area (TPSA) is 21.3 Å². The maximum absolute atomic E-state index is 5.72. The van der Waals surface area contributed by atoms with Gasteiger partial charge in [0.25, 0.3) is 0 Å². The normalized spacial score (nSPS) is 19.5. The van der Waals surface area contributed by atoms with E-state index in [1.807, 2.05) is 17.4 Å². The Morgan fingerprint density at radius 3 is 3.00 bits per heavy atom. The van der Waals surface area contributed by atoms with Gasteiger partial charge in [-0.25, -0.2) is 0 Å². The number of hydrogen-bond acceptors (Lipinski definition) is 3. The van der Waals surface area contributed by atoms with E-state index in [0.29, 0.717) is 12.1 Å². The molecule has 1 aliphatic rings. The minimum Gasteiger partial charge on any atom is -0.493 e. The maximum atomic E-state index is 5.72. The van der Waals surface area contributed by atoms with Gasteiger partial charge in [0.1, 0.15) is 5.75 Å². The highest BCUT2D eigenvalue weighted by molar-refractivity contribution is 7.10. The van der Waals surface area contributed by atoms with Crippen LogP contribution in [0, 0.1) is 0 Å². The monoisotopic (exact) mass is 273 g/mol. The van der Waals surface area contributed by atoms with E-state index in [2.05, 4.69) is 48.0 Å². The van der Waals surface area contributed by atoms with E-state index >= 15 is 0 Å². The molecule has 2 aromatic rings. The van der Waals surface area contributed by atoms with Gasteiger partial charge in [-0.15, -0.1) is 11.3 Å². The lowest BCUT2D eigenvalue weighted by molar-refractivity contribution is 0.243. The van der Waals surface area contributed by atoms with Gasteiger partial charge in [0.05, 0.1) is 6.61 Å². The van der Waals surface area contributed by atoms with E-state index < -0.39 is 0 Å². The number of nitrogens with one attached hydrogen (secondary N) is 1. The summed E-state index contributed by atoms with van der Waals surface area (Å²) in [6, 6.07) is 13.6. The summed E-state index contributed by atoms with van der Waals surface area (Å²) in [4.78, 5) is 1.42. The molecule has 3 heteroatoms. The minimum atomic E-state index is 0.400. The predicted octanol–water partition coefficient (Wildman–Crippen LogP) is 4.31. The van der Waals surface area contributed by atoms with Crippen LogP contribution >= 0.6 is 11.3 Å². The van der Waals surface area contributed by atoms with Crippen molar-refractivity contribution >= 4 is 11.3 Å². The molecule has 1 aromatic heterocycles. The van der Waals surface area contributed by atoms with Crippen molar-refractivity contribution in [1.29, 1.82) is 0 Å². The molecule has 0 fully saturated rings. The van der Waals surface area contributed by atoms with E-state index in [0.717, 1.165) is 25.2 Å². The Bertz CT molecular complexity index is 523. The van der Waals surface area contributed by atoms with Crippen LogP contribution < -0.4 is 10.1 Å². The largest absolute Gasteiger partial charge is 0.493 e. The Hall–Kier alpha value is -1.32. The number of ether oxygens (including phenoxy) is 1. The molecule has 1 aromatic carbocycles. The number of thiophene rings is 1. The van der Waals surface area contributed by atoms with Crippen molar-refractivity contribution in [3.63, 3.8) is 0 Å². The molecule has 2 heterocycles. The van der Waals surface area contributed by atoms with Crippen molar-refractivity contribution in [2.24, 2.45) is 0 Å². The van der Waals surface area contributed by atoms with Crippen molar-refractivity contribution in [2.45, 2.75) is 31.8 Å². The van der Waals surface area contributed by atoms with Gasteiger partial charge in [-0.2, -0.15) is 0 Å². The zero-order chi connectivity index (χ0) is 13.1. The van der Waals surface area contributed by atoms with Crippen LogP contribution in [0.3, 0.4) is 0 Å². The van der Waals surface area contributed by atoms with Crippen LogP contribution in [0.1, 0.15) is 42.3 Å². The van der Waals surface area contributed by atoms with Gasteiger partial charge in [-0.3, -0.25) is 0 Å². The summed E-state index contributed by atoms with van der Waals surface area (Å²) in [7, 11) is 0. The number of hydrogen-bond donors (Lipinski definition) is 1. The van der Waals surface area contributed by atoms with Crippen molar-refractivity contribution in [3.8, 4) is 5.75 Å². The summed E-state index contributed by atoms with van der Waals surface area (Å²) in [5.41, 5.74) is 1.30. The molecule has 0 aliphatic carbocycles. The molecule has 0 saturated carbocycles. The summed E-state index contributed by atoms with van der Waals surface area (Å²) in [5, 5.41) is 5.95. The van der Waals surface area contributed by atoms with Crippen LogP contribution in [0.4, 0.5) is 0 Å². The Labute approximate surface area is 118 Å². The Kier molecular flexibility index (Phi) is 3.85. The number of para-hydroxylation sites is 1. The van der Waals surface area contributed by atoms with Gasteiger partial charge in [0, 0.05) is 28.9 Å². The van der Waals surface area contributed by atoms with Crippen molar-refractivity contribution in [2.75, 3.05) is 6.61 Å². The molecule has 3 rings (SSSR count). The lowest BCUT2D eigenvalue weighted by Gasteiger charge is -2.30. The standard InChI is InChI=1S/C16H19NOS/c1-2-13(16-8-5-11-19-16)17-14-9-10-18-15-7-4-3-6-12(14)15/h3-8,11,13-14,17H,2,9-10H2,1H3. The molecule has 2 atom stereocenters. The van der Waals surface area contributed by atoms with Gasteiger partial charge in [0.15, 0.2) is 0 Å². The van der Waals surface area contributed by atoms with Crippen LogP contribution in [-0.4, -0.2) is 6.61 Å². The van der Waals surface area contributed by atoms with E-state index in [9.17, 15) is 0 Å². The maximum Gasteiger partial charge on any atom is 0.124 e. The van der Waals surface area contributed by atoms with Crippen LogP contribution in [0.25, 0.3) is 0 Å². The summed E-state index contributed by atoms with van der Waals surface area (Å²) in [6.45, 7) is 3.04. The first-order valence-electron chi connectivity index (χ1n) is 6.89. The van der Waals surface area contributed by atoms with E-state index in [1.165, 1.54) is 10.4 Å². The molecule has 100 valence electrons. The van der Waals surface area contributed by atoms with Crippen molar-refractivity contribution < 1.29 is 4.74 Å². The molecule has 2 nitrogen and oxygen atoms in total. The fraction of sp³-hybridized carbons (Fsp3) is 0.375. The number of benzene rings is 1. The molecule has 2 unspecified atom stereocenters. The van der Waals surface area contributed by atoms with Crippen molar-refractivity contribution in [3.05, 3.63) is 52.2 Å². The predicted molar refractivity (Wildman–Crippen MR) is 79.8 cm³/mol. The first kappa shape index (κ1) is 12.7. The molecule has 19 heavy (non-hydrogen) atoms. The third kappa shape index (κ3) is 2.67. The fourth-order valence-electron chi connectivity index (χ4n) is 2.65. The second kappa shape index (κ2) is 5.76. The van der Waals surface area contributed by atoms with Crippen LogP contribution in [0.5, 0.6) is 5.75 Å². The Morgan fingerprint density at radius 2 is 2.21 bits per heavy atom. The number of rotatable bonds is 4. The SMILES string of the molecule is CCC(NC1CCOc2ccccc21)c1cccs1. The first-order chi connectivity index (χ1) is 9.38. The average Bonchev–Trinajstić information content (AvgIpc) is 2.99. The number of fused-ring (bicyclic) bond motifs is 1. The van der Waals surface area contributed by atoms with Gasteiger partial charge in [0.2, 0.25) is 0 Å². The highest BCUT2D eigenvalue weighted by Gasteiger charge is 2.23. The molecular weight excluding hydrogens is 254 g/mol. The minimum absolute atomic E-state index is 0.400. The molecular formula is C16H19NOS. The first-order valence-corrected chi connectivity index (χ1v) is 7.77. The van der Waals surface area contributed by atoms with Gasteiger partial charge in [-0.05, 0) is 23.9 Å². The van der Waals surface area contributed by atoms with Crippen LogP contribution in [0.2, 0.25) is 0 Å². The summed E-state index contributed by atoms with van der Waals surface area (Å²) < 4.78 is 5.72. The third-order valence-corrected chi connectivity index (χ3v) is 4.64. The highest BCUT2D eigenvalue weighted by Crippen LogP contribution is 2.34. The lowest BCUT2D eigenvalue weighted by Crippen LogP contribution is -2.29. The Balaban J connectivity index is 1.80. The molecule has 0 amide bonds. The van der Waals surface area contributed by atoms with Crippen molar-refractivity contribution in [1.82, 2.24) is 5.32 Å². The van der Waals surface area contributed by atoms with Gasteiger partial charge in [-0.1, -0.05) is 31.2 Å². The Morgan fingerprint density at radius 1 is 1.32 bits per heavy atom. The fourth-order valence-corrected chi connectivity index (χ4v) is 3.52. The summed E-state index contributed by atoms with van der Waals surface area (Å²) >= 11 is 1.83. The summed E-state index contributed by atoms with van der Waals surface area (Å²) in [6.07, 6.45) is 2.15. The quantitative estimate of drug-likeness (QED) is 0.896. The molecule has 0 spiro atoms. The highest BCUT2D eigenvalue weighted by atomic mass is 32.1. The van der Waals surface area contributed by atoms with E-state index in [4.69, 9.17) is 4.74 Å². The molecule has 1 N–H and O–H groups in total.